The summed E-state index contributed by atoms with van der Waals surface area (Å²) in [5.41, 5.74) is 0.830. The predicted octanol–water partition coefficient (Wildman–Crippen LogP) is 4.24. The Morgan fingerprint density at radius 1 is 1.15 bits per heavy atom. The molecule has 1 amide bonds. The van der Waals surface area contributed by atoms with E-state index in [0.29, 0.717) is 15.0 Å². The average molecular weight is 399 g/mol. The summed E-state index contributed by atoms with van der Waals surface area (Å²) in [5, 5.41) is 0. The molecule has 0 radical (unpaired) electrons. The molecule has 5 nitrogen and oxygen atoms in total. The van der Waals surface area contributed by atoms with Gasteiger partial charge in [-0.05, 0) is 35.9 Å². The van der Waals surface area contributed by atoms with E-state index in [2.05, 4.69) is 4.74 Å². The molecule has 1 saturated heterocycles. The van der Waals surface area contributed by atoms with Crippen LogP contribution in [0.5, 0.6) is 11.5 Å². The van der Waals surface area contributed by atoms with Crippen LogP contribution in [0.1, 0.15) is 12.0 Å². The first-order valence-electron chi connectivity index (χ1n) is 8.22. The molecule has 0 saturated carbocycles. The first-order chi connectivity index (χ1) is 13.1. The van der Waals surface area contributed by atoms with E-state index in [1.54, 1.807) is 6.08 Å². The second kappa shape index (κ2) is 8.83. The molecule has 0 aromatic heterocycles. The first kappa shape index (κ1) is 19.1. The minimum Gasteiger partial charge on any atom is -0.469 e. The molecule has 3 rings (SSSR count). The zero-order valence-electron chi connectivity index (χ0n) is 14.6. The topological polar surface area (TPSA) is 55.8 Å². The standard InChI is InChI=1S/C20H17NO4S2/c1-24-18(22)10-11-21-19(23)17(27-20(21)26)13-14-6-5-9-16(12-14)25-15-7-3-2-4-8-15/h2-9,12-13H,10-11H2,1H3/b17-13-. The summed E-state index contributed by atoms with van der Waals surface area (Å²) in [7, 11) is 1.32. The number of ether oxygens (including phenoxy) is 2. The van der Waals surface area contributed by atoms with Gasteiger partial charge in [0.15, 0.2) is 0 Å². The van der Waals surface area contributed by atoms with Gasteiger partial charge < -0.3 is 9.47 Å². The van der Waals surface area contributed by atoms with Crippen LogP contribution in [0.15, 0.2) is 59.5 Å². The average Bonchev–Trinajstić information content (AvgIpc) is 2.94. The molecule has 2 aromatic rings. The fourth-order valence-electron chi connectivity index (χ4n) is 2.44. The molecule has 0 bridgehead atoms. The van der Waals surface area contributed by atoms with Gasteiger partial charge in [-0.3, -0.25) is 14.5 Å². The van der Waals surface area contributed by atoms with Crippen LogP contribution in [0, 0.1) is 0 Å². The predicted molar refractivity (Wildman–Crippen MR) is 109 cm³/mol. The highest BCUT2D eigenvalue weighted by Gasteiger charge is 2.32. The normalized spacial score (nSPS) is 15.3. The van der Waals surface area contributed by atoms with Crippen molar-refractivity contribution in [2.45, 2.75) is 6.42 Å². The van der Waals surface area contributed by atoms with Crippen molar-refractivity contribution >= 4 is 46.3 Å². The maximum Gasteiger partial charge on any atom is 0.307 e. The van der Waals surface area contributed by atoms with Gasteiger partial charge >= 0.3 is 5.97 Å². The van der Waals surface area contributed by atoms with Crippen molar-refractivity contribution in [3.8, 4) is 11.5 Å². The van der Waals surface area contributed by atoms with E-state index in [9.17, 15) is 9.59 Å². The van der Waals surface area contributed by atoms with Crippen molar-refractivity contribution in [2.24, 2.45) is 0 Å². The van der Waals surface area contributed by atoms with Crippen molar-refractivity contribution in [1.82, 2.24) is 4.90 Å². The number of carbonyl (C=O) groups is 2. The van der Waals surface area contributed by atoms with E-state index in [4.69, 9.17) is 17.0 Å². The summed E-state index contributed by atoms with van der Waals surface area (Å²) < 4.78 is 10.9. The lowest BCUT2D eigenvalue weighted by Gasteiger charge is -2.12. The van der Waals surface area contributed by atoms with Crippen LogP contribution < -0.4 is 4.74 Å². The van der Waals surface area contributed by atoms with Crippen LogP contribution in [-0.2, 0) is 14.3 Å². The number of thiocarbonyl (C=S) groups is 1. The molecule has 0 aliphatic carbocycles. The Bertz CT molecular complexity index is 896. The third kappa shape index (κ3) is 4.96. The number of rotatable bonds is 6. The molecule has 1 fully saturated rings. The quantitative estimate of drug-likeness (QED) is 0.411. The number of amides is 1. The van der Waals surface area contributed by atoms with Crippen molar-refractivity contribution in [1.29, 1.82) is 0 Å². The number of methoxy groups -OCH3 is 1. The number of hydrogen-bond donors (Lipinski definition) is 0. The van der Waals surface area contributed by atoms with Crippen molar-refractivity contribution in [3.63, 3.8) is 0 Å². The Morgan fingerprint density at radius 3 is 2.63 bits per heavy atom. The maximum atomic E-state index is 12.6. The number of esters is 1. The second-order valence-electron chi connectivity index (χ2n) is 5.65. The van der Waals surface area contributed by atoms with E-state index < -0.39 is 0 Å². The smallest absolute Gasteiger partial charge is 0.307 e. The van der Waals surface area contributed by atoms with Crippen molar-refractivity contribution < 1.29 is 19.1 Å². The maximum absolute atomic E-state index is 12.6. The molecule has 27 heavy (non-hydrogen) atoms. The van der Waals surface area contributed by atoms with Gasteiger partial charge in [-0.15, -0.1) is 0 Å². The second-order valence-corrected chi connectivity index (χ2v) is 7.32. The molecule has 0 N–H and O–H groups in total. The summed E-state index contributed by atoms with van der Waals surface area (Å²) in [6, 6.07) is 16.9. The van der Waals surface area contributed by atoms with Gasteiger partial charge in [-0.25, -0.2) is 0 Å². The Kier molecular flexibility index (Phi) is 6.26. The van der Waals surface area contributed by atoms with Gasteiger partial charge in [-0.1, -0.05) is 54.3 Å². The highest BCUT2D eigenvalue weighted by Crippen LogP contribution is 2.33. The Morgan fingerprint density at radius 2 is 1.89 bits per heavy atom. The number of carbonyl (C=O) groups excluding carboxylic acids is 2. The third-order valence-electron chi connectivity index (χ3n) is 3.78. The first-order valence-corrected chi connectivity index (χ1v) is 9.44. The molecule has 138 valence electrons. The van der Waals surface area contributed by atoms with Gasteiger partial charge in [0.25, 0.3) is 5.91 Å². The van der Waals surface area contributed by atoms with Crippen LogP contribution in [0.2, 0.25) is 0 Å². The van der Waals surface area contributed by atoms with Crippen LogP contribution in [-0.4, -0.2) is 34.8 Å². The van der Waals surface area contributed by atoms with Crippen LogP contribution in [0.3, 0.4) is 0 Å². The fraction of sp³-hybridized carbons (Fsp3) is 0.150. The lowest BCUT2D eigenvalue weighted by molar-refractivity contribution is -0.140. The molecule has 2 aromatic carbocycles. The Labute approximate surface area is 167 Å². The summed E-state index contributed by atoms with van der Waals surface area (Å²) in [4.78, 5) is 25.8. The SMILES string of the molecule is COC(=O)CCN1C(=O)/C(=C/c2cccc(Oc3ccccc3)c2)SC1=S. The zero-order chi connectivity index (χ0) is 19.2. The van der Waals surface area contributed by atoms with Crippen LogP contribution in [0.25, 0.3) is 6.08 Å². The highest BCUT2D eigenvalue weighted by molar-refractivity contribution is 8.26. The number of hydrogen-bond acceptors (Lipinski definition) is 6. The minimum atomic E-state index is -0.376. The summed E-state index contributed by atoms with van der Waals surface area (Å²) in [6.07, 6.45) is 1.88. The molecule has 0 unspecified atom stereocenters. The number of nitrogens with zero attached hydrogens (tertiary/aromatic N) is 1. The lowest BCUT2D eigenvalue weighted by Crippen LogP contribution is -2.30. The number of para-hydroxylation sites is 1. The third-order valence-corrected chi connectivity index (χ3v) is 5.15. The van der Waals surface area contributed by atoms with Gasteiger partial charge in [0.1, 0.15) is 15.8 Å². The Balaban J connectivity index is 1.73. The lowest BCUT2D eigenvalue weighted by atomic mass is 10.2. The summed E-state index contributed by atoms with van der Waals surface area (Å²) in [6.45, 7) is 0.214. The highest BCUT2D eigenvalue weighted by atomic mass is 32.2. The number of benzene rings is 2. The number of thioether (sulfide) groups is 1. The van der Waals surface area contributed by atoms with Gasteiger partial charge in [0.2, 0.25) is 0 Å². The van der Waals surface area contributed by atoms with E-state index in [1.165, 1.54) is 23.8 Å². The van der Waals surface area contributed by atoms with Gasteiger partial charge in [-0.2, -0.15) is 0 Å². The molecule has 0 spiro atoms. The molecule has 1 aliphatic rings. The molecule has 1 aliphatic heterocycles. The van der Waals surface area contributed by atoms with E-state index in [0.717, 1.165) is 11.3 Å². The molecule has 0 atom stereocenters. The molecular formula is C20H17NO4S2. The zero-order valence-corrected chi connectivity index (χ0v) is 16.2. The summed E-state index contributed by atoms with van der Waals surface area (Å²) in [5.74, 6) is 0.835. The van der Waals surface area contributed by atoms with E-state index in [-0.39, 0.29) is 24.8 Å². The molecular weight excluding hydrogens is 382 g/mol. The van der Waals surface area contributed by atoms with Crippen molar-refractivity contribution in [3.05, 3.63) is 65.1 Å². The minimum absolute atomic E-state index is 0.108. The van der Waals surface area contributed by atoms with E-state index >= 15 is 0 Å². The monoisotopic (exact) mass is 399 g/mol. The van der Waals surface area contributed by atoms with Gasteiger partial charge in [0, 0.05) is 6.54 Å². The largest absolute Gasteiger partial charge is 0.469 e. The summed E-state index contributed by atoms with van der Waals surface area (Å²) >= 11 is 6.48. The van der Waals surface area contributed by atoms with Crippen molar-refractivity contribution in [2.75, 3.05) is 13.7 Å². The van der Waals surface area contributed by atoms with Crippen LogP contribution in [0.4, 0.5) is 0 Å². The molecule has 1 heterocycles. The molecule has 7 heteroatoms. The van der Waals surface area contributed by atoms with E-state index in [1.807, 2.05) is 54.6 Å². The van der Waals surface area contributed by atoms with Gasteiger partial charge in [0.05, 0.1) is 18.4 Å². The fourth-order valence-corrected chi connectivity index (χ4v) is 3.75. The Hall–Kier alpha value is -2.64. The van der Waals surface area contributed by atoms with Crippen LogP contribution >= 0.6 is 24.0 Å².